The van der Waals surface area contributed by atoms with Gasteiger partial charge in [0.2, 0.25) is 0 Å². The molecule has 1 heterocycles. The van der Waals surface area contributed by atoms with E-state index in [1.165, 1.54) is 0 Å². The van der Waals surface area contributed by atoms with Gasteiger partial charge >= 0.3 is 0 Å². The van der Waals surface area contributed by atoms with E-state index in [1.807, 2.05) is 54.6 Å². The van der Waals surface area contributed by atoms with Gasteiger partial charge in [-0.25, -0.2) is 9.97 Å². The predicted molar refractivity (Wildman–Crippen MR) is 82.3 cm³/mol. The Morgan fingerprint density at radius 1 is 0.900 bits per heavy atom. The highest BCUT2D eigenvalue weighted by Gasteiger charge is 2.06. The summed E-state index contributed by atoms with van der Waals surface area (Å²) in [6.45, 7) is 0. The molecule has 20 heavy (non-hydrogen) atoms. The third-order valence-corrected chi connectivity index (χ3v) is 3.25. The van der Waals surface area contributed by atoms with Crippen LogP contribution in [0.4, 0.5) is 5.69 Å². The standard InChI is InChI=1S/C16H12ClN3/c17-12-7-5-11(6-8-12)16-19-10-9-15(20-16)13-3-1-2-4-14(13)18/h1-10H,18H2. The van der Waals surface area contributed by atoms with Crippen LogP contribution >= 0.6 is 11.6 Å². The highest BCUT2D eigenvalue weighted by Crippen LogP contribution is 2.25. The Morgan fingerprint density at radius 3 is 2.40 bits per heavy atom. The van der Waals surface area contributed by atoms with E-state index >= 15 is 0 Å². The molecule has 2 aromatic carbocycles. The summed E-state index contributed by atoms with van der Waals surface area (Å²) in [4.78, 5) is 8.87. The molecule has 1 aromatic heterocycles. The molecule has 98 valence electrons. The van der Waals surface area contributed by atoms with Crippen molar-refractivity contribution in [1.82, 2.24) is 9.97 Å². The van der Waals surface area contributed by atoms with Crippen LogP contribution in [0.2, 0.25) is 5.02 Å². The molecule has 0 amide bonds. The Bertz CT molecular complexity index is 739. The van der Waals surface area contributed by atoms with Crippen LogP contribution in [-0.2, 0) is 0 Å². The van der Waals surface area contributed by atoms with E-state index < -0.39 is 0 Å². The second kappa shape index (κ2) is 5.31. The van der Waals surface area contributed by atoms with Crippen molar-refractivity contribution in [2.45, 2.75) is 0 Å². The average molecular weight is 282 g/mol. The average Bonchev–Trinajstić information content (AvgIpc) is 2.49. The molecule has 0 unspecified atom stereocenters. The molecule has 0 aliphatic rings. The van der Waals surface area contributed by atoms with E-state index in [0.29, 0.717) is 16.5 Å². The summed E-state index contributed by atoms with van der Waals surface area (Å²) in [6.07, 6.45) is 1.73. The van der Waals surface area contributed by atoms with Crippen LogP contribution in [0, 0.1) is 0 Å². The quantitative estimate of drug-likeness (QED) is 0.721. The first kappa shape index (κ1) is 12.6. The Hall–Kier alpha value is -2.39. The molecule has 0 bridgehead atoms. The molecule has 0 aliphatic carbocycles. The molecule has 0 aliphatic heterocycles. The second-order valence-electron chi connectivity index (χ2n) is 4.36. The van der Waals surface area contributed by atoms with Crippen molar-refractivity contribution in [1.29, 1.82) is 0 Å². The topological polar surface area (TPSA) is 51.8 Å². The second-order valence-corrected chi connectivity index (χ2v) is 4.80. The van der Waals surface area contributed by atoms with Gasteiger partial charge in [0.05, 0.1) is 5.69 Å². The molecule has 3 nitrogen and oxygen atoms in total. The number of hydrogen-bond donors (Lipinski definition) is 1. The summed E-state index contributed by atoms with van der Waals surface area (Å²) in [5.41, 5.74) is 9.32. The zero-order valence-corrected chi connectivity index (χ0v) is 11.4. The van der Waals surface area contributed by atoms with Crippen LogP contribution in [0.5, 0.6) is 0 Å². The van der Waals surface area contributed by atoms with Crippen molar-refractivity contribution in [3.8, 4) is 22.6 Å². The minimum atomic E-state index is 0.655. The largest absolute Gasteiger partial charge is 0.398 e. The van der Waals surface area contributed by atoms with Gasteiger partial charge in [0, 0.05) is 28.0 Å². The van der Waals surface area contributed by atoms with E-state index in [0.717, 1.165) is 16.8 Å². The minimum Gasteiger partial charge on any atom is -0.398 e. The lowest BCUT2D eigenvalue weighted by Gasteiger charge is -2.06. The summed E-state index contributed by atoms with van der Waals surface area (Å²) < 4.78 is 0. The Balaban J connectivity index is 2.06. The number of nitrogen functional groups attached to an aromatic ring is 1. The maximum absolute atomic E-state index is 5.98. The first-order chi connectivity index (χ1) is 9.74. The number of para-hydroxylation sites is 1. The third-order valence-electron chi connectivity index (χ3n) is 2.99. The number of aromatic nitrogens is 2. The summed E-state index contributed by atoms with van der Waals surface area (Å²) in [5.74, 6) is 0.655. The van der Waals surface area contributed by atoms with Gasteiger partial charge in [-0.15, -0.1) is 0 Å². The zero-order valence-electron chi connectivity index (χ0n) is 10.6. The number of benzene rings is 2. The summed E-state index contributed by atoms with van der Waals surface area (Å²) in [5, 5.41) is 0.692. The van der Waals surface area contributed by atoms with E-state index in [1.54, 1.807) is 6.20 Å². The summed E-state index contributed by atoms with van der Waals surface area (Å²) in [6, 6.07) is 16.9. The number of hydrogen-bond acceptors (Lipinski definition) is 3. The van der Waals surface area contributed by atoms with Crippen LogP contribution in [0.1, 0.15) is 0 Å². The van der Waals surface area contributed by atoms with Gasteiger partial charge in [-0.3, -0.25) is 0 Å². The Labute approximate surface area is 122 Å². The maximum Gasteiger partial charge on any atom is 0.159 e. The van der Waals surface area contributed by atoms with Crippen LogP contribution in [0.3, 0.4) is 0 Å². The number of nitrogens with zero attached hydrogens (tertiary/aromatic N) is 2. The molecule has 0 radical (unpaired) electrons. The van der Waals surface area contributed by atoms with Crippen molar-refractivity contribution in [2.75, 3.05) is 5.73 Å². The normalized spacial score (nSPS) is 10.4. The van der Waals surface area contributed by atoms with E-state index in [4.69, 9.17) is 17.3 Å². The predicted octanol–water partition coefficient (Wildman–Crippen LogP) is 4.05. The van der Waals surface area contributed by atoms with Gasteiger partial charge in [0.15, 0.2) is 5.82 Å². The highest BCUT2D eigenvalue weighted by molar-refractivity contribution is 6.30. The van der Waals surface area contributed by atoms with Crippen LogP contribution < -0.4 is 5.73 Å². The molecule has 2 N–H and O–H groups in total. The zero-order chi connectivity index (χ0) is 13.9. The number of halogens is 1. The van der Waals surface area contributed by atoms with Gasteiger partial charge in [0.1, 0.15) is 0 Å². The summed E-state index contributed by atoms with van der Waals surface area (Å²) in [7, 11) is 0. The Morgan fingerprint density at radius 2 is 1.65 bits per heavy atom. The van der Waals surface area contributed by atoms with Gasteiger partial charge < -0.3 is 5.73 Å². The number of nitrogens with two attached hydrogens (primary N) is 1. The van der Waals surface area contributed by atoms with Gasteiger partial charge in [-0.1, -0.05) is 29.8 Å². The summed E-state index contributed by atoms with van der Waals surface area (Å²) >= 11 is 5.89. The maximum atomic E-state index is 5.98. The molecule has 0 atom stereocenters. The lowest BCUT2D eigenvalue weighted by atomic mass is 10.1. The highest BCUT2D eigenvalue weighted by atomic mass is 35.5. The first-order valence-electron chi connectivity index (χ1n) is 6.18. The van der Waals surface area contributed by atoms with Crippen LogP contribution in [-0.4, -0.2) is 9.97 Å². The molecular weight excluding hydrogens is 270 g/mol. The van der Waals surface area contributed by atoms with E-state index in [2.05, 4.69) is 9.97 Å². The van der Waals surface area contributed by atoms with Crippen molar-refractivity contribution in [3.63, 3.8) is 0 Å². The monoisotopic (exact) mass is 281 g/mol. The molecule has 0 spiro atoms. The van der Waals surface area contributed by atoms with E-state index in [9.17, 15) is 0 Å². The molecule has 0 saturated heterocycles. The fraction of sp³-hybridized carbons (Fsp3) is 0. The third kappa shape index (κ3) is 2.49. The van der Waals surface area contributed by atoms with Gasteiger partial charge in [0.25, 0.3) is 0 Å². The molecule has 0 saturated carbocycles. The smallest absolute Gasteiger partial charge is 0.159 e. The SMILES string of the molecule is Nc1ccccc1-c1ccnc(-c2ccc(Cl)cc2)n1. The molecule has 3 aromatic rings. The van der Waals surface area contributed by atoms with Gasteiger partial charge in [-0.05, 0) is 36.4 Å². The lowest BCUT2D eigenvalue weighted by Crippen LogP contribution is -1.94. The Kier molecular flexibility index (Phi) is 3.35. The van der Waals surface area contributed by atoms with Crippen molar-refractivity contribution in [3.05, 3.63) is 65.8 Å². The number of anilines is 1. The molecular formula is C16H12ClN3. The molecule has 0 fully saturated rings. The molecule has 4 heteroatoms. The van der Waals surface area contributed by atoms with Crippen molar-refractivity contribution < 1.29 is 0 Å². The number of rotatable bonds is 2. The fourth-order valence-corrected chi connectivity index (χ4v) is 2.10. The fourth-order valence-electron chi connectivity index (χ4n) is 1.98. The van der Waals surface area contributed by atoms with Crippen molar-refractivity contribution >= 4 is 17.3 Å². The van der Waals surface area contributed by atoms with Crippen LogP contribution in [0.25, 0.3) is 22.6 Å². The first-order valence-corrected chi connectivity index (χ1v) is 6.56. The van der Waals surface area contributed by atoms with Gasteiger partial charge in [-0.2, -0.15) is 0 Å². The van der Waals surface area contributed by atoms with Crippen LogP contribution in [0.15, 0.2) is 60.8 Å². The minimum absolute atomic E-state index is 0.655. The van der Waals surface area contributed by atoms with E-state index in [-0.39, 0.29) is 0 Å². The van der Waals surface area contributed by atoms with Crippen molar-refractivity contribution in [2.24, 2.45) is 0 Å². The lowest BCUT2D eigenvalue weighted by molar-refractivity contribution is 1.18. The molecule has 3 rings (SSSR count).